The third kappa shape index (κ3) is 4.32. The summed E-state index contributed by atoms with van der Waals surface area (Å²) in [5.74, 6) is -0.320. The molecule has 0 saturated heterocycles. The van der Waals surface area contributed by atoms with Crippen LogP contribution in [0.1, 0.15) is 5.56 Å². The summed E-state index contributed by atoms with van der Waals surface area (Å²) in [6.45, 7) is 0.382. The molecule has 25 heavy (non-hydrogen) atoms. The fourth-order valence-corrected chi connectivity index (χ4v) is 3.43. The zero-order chi connectivity index (χ0) is 17.6. The van der Waals surface area contributed by atoms with Gasteiger partial charge < -0.3 is 16.0 Å². The standard InChI is InChI=1S/C18H15BrN4OS/c19-14-6-2-1-5-12(14)10-21-17(24)13(9-20)11-22-18-23-15-7-3-4-8-16(15)25-18/h1-9,11,20H,10H2,(H,21,24)(H,22,23)/b13-11+,20-9?. The first-order valence-corrected chi connectivity index (χ1v) is 9.12. The van der Waals surface area contributed by atoms with Gasteiger partial charge in [-0.2, -0.15) is 0 Å². The average molecular weight is 415 g/mol. The number of nitrogens with one attached hydrogen (secondary N) is 3. The van der Waals surface area contributed by atoms with Gasteiger partial charge >= 0.3 is 0 Å². The van der Waals surface area contributed by atoms with Crippen LogP contribution < -0.4 is 10.6 Å². The van der Waals surface area contributed by atoms with E-state index in [0.29, 0.717) is 11.7 Å². The molecule has 3 N–H and O–H groups in total. The Morgan fingerprint density at radius 3 is 2.72 bits per heavy atom. The molecule has 0 bridgehead atoms. The summed E-state index contributed by atoms with van der Waals surface area (Å²) in [7, 11) is 0. The number of thiazole rings is 1. The maximum Gasteiger partial charge on any atom is 0.254 e. The van der Waals surface area contributed by atoms with Crippen molar-refractivity contribution < 1.29 is 4.79 Å². The lowest BCUT2D eigenvalue weighted by molar-refractivity contribution is -0.117. The number of nitrogens with zero attached hydrogens (tertiary/aromatic N) is 1. The van der Waals surface area contributed by atoms with Crippen LogP contribution in [0.2, 0.25) is 0 Å². The second-order valence-corrected chi connectivity index (χ2v) is 7.03. The van der Waals surface area contributed by atoms with Crippen molar-refractivity contribution in [1.29, 1.82) is 5.41 Å². The number of aromatic nitrogens is 1. The van der Waals surface area contributed by atoms with Crippen LogP contribution in [0.25, 0.3) is 10.2 Å². The number of anilines is 1. The molecular weight excluding hydrogens is 400 g/mol. The number of benzene rings is 2. The minimum atomic E-state index is -0.320. The Bertz CT molecular complexity index is 918. The van der Waals surface area contributed by atoms with E-state index in [4.69, 9.17) is 5.41 Å². The van der Waals surface area contributed by atoms with E-state index in [1.165, 1.54) is 17.5 Å². The van der Waals surface area contributed by atoms with Crippen LogP contribution >= 0.6 is 27.3 Å². The minimum absolute atomic E-state index is 0.228. The Morgan fingerprint density at radius 1 is 1.20 bits per heavy atom. The van der Waals surface area contributed by atoms with Gasteiger partial charge in [0.2, 0.25) is 0 Å². The van der Waals surface area contributed by atoms with Crippen molar-refractivity contribution in [3.8, 4) is 0 Å². The Morgan fingerprint density at radius 2 is 1.96 bits per heavy atom. The smallest absolute Gasteiger partial charge is 0.254 e. The highest BCUT2D eigenvalue weighted by atomic mass is 79.9. The molecule has 0 unspecified atom stereocenters. The Balaban J connectivity index is 1.66. The number of hydrogen-bond acceptors (Lipinski definition) is 5. The highest BCUT2D eigenvalue weighted by molar-refractivity contribution is 9.10. The SMILES string of the molecule is N=C/C(=C\Nc1nc2ccccc2s1)C(=O)NCc1ccccc1Br. The summed E-state index contributed by atoms with van der Waals surface area (Å²) >= 11 is 4.94. The molecule has 3 aromatic rings. The van der Waals surface area contributed by atoms with E-state index in [9.17, 15) is 4.79 Å². The number of hydrogen-bond donors (Lipinski definition) is 3. The lowest BCUT2D eigenvalue weighted by Crippen LogP contribution is -2.25. The van der Waals surface area contributed by atoms with Crippen molar-refractivity contribution in [1.82, 2.24) is 10.3 Å². The third-order valence-corrected chi connectivity index (χ3v) is 5.20. The van der Waals surface area contributed by atoms with Crippen molar-refractivity contribution in [2.75, 3.05) is 5.32 Å². The highest BCUT2D eigenvalue weighted by Crippen LogP contribution is 2.25. The summed E-state index contributed by atoms with van der Waals surface area (Å²) in [6, 6.07) is 15.5. The molecule has 0 aliphatic rings. The van der Waals surface area contributed by atoms with E-state index < -0.39 is 0 Å². The molecule has 0 spiro atoms. The van der Waals surface area contributed by atoms with Crippen molar-refractivity contribution in [2.24, 2.45) is 0 Å². The first-order valence-electron chi connectivity index (χ1n) is 7.52. The van der Waals surface area contributed by atoms with Crippen molar-refractivity contribution >= 4 is 54.7 Å². The number of para-hydroxylation sites is 1. The minimum Gasteiger partial charge on any atom is -0.348 e. The average Bonchev–Trinajstić information content (AvgIpc) is 3.04. The van der Waals surface area contributed by atoms with Gasteiger partial charge in [-0.05, 0) is 23.8 Å². The van der Waals surface area contributed by atoms with Crippen LogP contribution in [0, 0.1) is 5.41 Å². The van der Waals surface area contributed by atoms with Crippen LogP contribution in [-0.4, -0.2) is 17.1 Å². The number of halogens is 1. The number of carbonyl (C=O) groups is 1. The first kappa shape index (κ1) is 17.3. The molecule has 1 amide bonds. The van der Waals surface area contributed by atoms with E-state index in [1.807, 2.05) is 48.5 Å². The van der Waals surface area contributed by atoms with Crippen LogP contribution in [-0.2, 0) is 11.3 Å². The zero-order valence-corrected chi connectivity index (χ0v) is 15.5. The summed E-state index contributed by atoms with van der Waals surface area (Å²) in [6.07, 6.45) is 2.52. The maximum atomic E-state index is 12.2. The monoisotopic (exact) mass is 414 g/mol. The third-order valence-electron chi connectivity index (χ3n) is 3.46. The van der Waals surface area contributed by atoms with Gasteiger partial charge in [-0.25, -0.2) is 4.98 Å². The maximum absolute atomic E-state index is 12.2. The van der Waals surface area contributed by atoms with E-state index in [2.05, 4.69) is 31.5 Å². The summed E-state index contributed by atoms with van der Waals surface area (Å²) in [4.78, 5) is 16.7. The molecule has 1 heterocycles. The first-order chi connectivity index (χ1) is 12.2. The number of carbonyl (C=O) groups excluding carboxylic acids is 1. The molecule has 5 nitrogen and oxygen atoms in total. The van der Waals surface area contributed by atoms with Gasteiger partial charge in [0.05, 0.1) is 15.8 Å². The van der Waals surface area contributed by atoms with Gasteiger partial charge in [-0.3, -0.25) is 4.79 Å². The zero-order valence-electron chi connectivity index (χ0n) is 13.1. The van der Waals surface area contributed by atoms with E-state index >= 15 is 0 Å². The Labute approximate surface area is 157 Å². The molecular formula is C18H15BrN4OS. The molecule has 0 atom stereocenters. The Hall–Kier alpha value is -2.51. The van der Waals surface area contributed by atoms with Gasteiger partial charge in [0.1, 0.15) is 0 Å². The van der Waals surface area contributed by atoms with Crippen LogP contribution in [0.3, 0.4) is 0 Å². The molecule has 126 valence electrons. The van der Waals surface area contributed by atoms with Crippen LogP contribution in [0.5, 0.6) is 0 Å². The van der Waals surface area contributed by atoms with Crippen molar-refractivity contribution in [3.05, 3.63) is 70.3 Å². The summed E-state index contributed by atoms with van der Waals surface area (Å²) < 4.78 is 2.00. The second-order valence-electron chi connectivity index (χ2n) is 5.15. The Kier molecular flexibility index (Phi) is 5.57. The normalized spacial score (nSPS) is 11.3. The molecule has 2 aromatic carbocycles. The van der Waals surface area contributed by atoms with E-state index in [1.54, 1.807) is 0 Å². The molecule has 7 heteroatoms. The fourth-order valence-electron chi connectivity index (χ4n) is 2.17. The van der Waals surface area contributed by atoms with Crippen molar-refractivity contribution in [3.63, 3.8) is 0 Å². The summed E-state index contributed by atoms with van der Waals surface area (Å²) in [5, 5.41) is 14.0. The second kappa shape index (κ2) is 8.04. The fraction of sp³-hybridized carbons (Fsp3) is 0.0556. The van der Waals surface area contributed by atoms with Crippen molar-refractivity contribution in [2.45, 2.75) is 6.54 Å². The van der Waals surface area contributed by atoms with Gasteiger partial charge in [-0.15, -0.1) is 0 Å². The topological polar surface area (TPSA) is 77.9 Å². The number of fused-ring (bicyclic) bond motifs is 1. The van der Waals surface area contributed by atoms with E-state index in [-0.39, 0.29) is 11.5 Å². The van der Waals surface area contributed by atoms with E-state index in [0.717, 1.165) is 26.5 Å². The van der Waals surface area contributed by atoms with Crippen LogP contribution in [0.4, 0.5) is 5.13 Å². The lowest BCUT2D eigenvalue weighted by Gasteiger charge is -2.07. The predicted molar refractivity (Wildman–Crippen MR) is 106 cm³/mol. The molecule has 0 aliphatic heterocycles. The lowest BCUT2D eigenvalue weighted by atomic mass is 10.2. The molecule has 3 rings (SSSR count). The van der Waals surface area contributed by atoms with Gasteiger partial charge in [0.15, 0.2) is 5.13 Å². The van der Waals surface area contributed by atoms with Gasteiger partial charge in [0.25, 0.3) is 5.91 Å². The quantitative estimate of drug-likeness (QED) is 0.415. The predicted octanol–water partition coefficient (Wildman–Crippen LogP) is 4.32. The highest BCUT2D eigenvalue weighted by Gasteiger charge is 2.08. The molecule has 1 aromatic heterocycles. The van der Waals surface area contributed by atoms with Gasteiger partial charge in [0, 0.05) is 23.4 Å². The summed E-state index contributed by atoms with van der Waals surface area (Å²) in [5.41, 5.74) is 2.10. The largest absolute Gasteiger partial charge is 0.348 e. The van der Waals surface area contributed by atoms with Gasteiger partial charge in [-0.1, -0.05) is 57.6 Å². The molecule has 0 radical (unpaired) electrons. The molecule has 0 aliphatic carbocycles. The van der Waals surface area contributed by atoms with Crippen LogP contribution in [0.15, 0.2) is 64.8 Å². The molecule has 0 fully saturated rings. The molecule has 0 saturated carbocycles. The number of amides is 1. The number of rotatable bonds is 6.